The van der Waals surface area contributed by atoms with Crippen molar-refractivity contribution >= 4 is 11.4 Å². The summed E-state index contributed by atoms with van der Waals surface area (Å²) in [6, 6.07) is 0. The monoisotopic (exact) mass is 218 g/mol. The molecule has 1 aromatic heterocycles. The van der Waals surface area contributed by atoms with Crippen LogP contribution in [0.25, 0.3) is 5.57 Å². The molecule has 0 aliphatic heterocycles. The zero-order valence-electron chi connectivity index (χ0n) is 9.78. The quantitative estimate of drug-likeness (QED) is 0.782. The third-order valence-corrected chi connectivity index (χ3v) is 2.91. The average molecular weight is 218 g/mol. The zero-order chi connectivity index (χ0) is 11.4. The molecule has 1 aromatic rings. The highest BCUT2D eigenvalue weighted by Crippen LogP contribution is 2.24. The van der Waals surface area contributed by atoms with Crippen LogP contribution in [0.15, 0.2) is 18.5 Å². The van der Waals surface area contributed by atoms with E-state index in [0.717, 1.165) is 43.4 Å². The summed E-state index contributed by atoms with van der Waals surface area (Å²) in [5, 5.41) is 4.30. The van der Waals surface area contributed by atoms with Crippen LogP contribution in [-0.2, 0) is 11.3 Å². The van der Waals surface area contributed by atoms with Crippen molar-refractivity contribution in [1.82, 2.24) is 9.78 Å². The Hall–Kier alpha value is -1.38. The Morgan fingerprint density at radius 2 is 2.19 bits per heavy atom. The molecule has 3 heteroatoms. The Balaban J connectivity index is 2.18. The normalized spacial score (nSPS) is 17.1. The van der Waals surface area contributed by atoms with Crippen molar-refractivity contribution in [3.63, 3.8) is 0 Å². The van der Waals surface area contributed by atoms with Gasteiger partial charge in [0.15, 0.2) is 5.78 Å². The summed E-state index contributed by atoms with van der Waals surface area (Å²) in [5.74, 6) is 0.260. The fourth-order valence-corrected chi connectivity index (χ4v) is 2.06. The molecule has 0 saturated heterocycles. The van der Waals surface area contributed by atoms with Crippen LogP contribution in [0.3, 0.4) is 0 Å². The molecule has 0 aromatic carbocycles. The Kier molecular flexibility index (Phi) is 3.54. The molecule has 86 valence electrons. The van der Waals surface area contributed by atoms with Crippen molar-refractivity contribution in [2.45, 2.75) is 45.6 Å². The molecule has 16 heavy (non-hydrogen) atoms. The highest BCUT2D eigenvalue weighted by Gasteiger charge is 2.11. The third kappa shape index (κ3) is 2.60. The second-order valence-corrected chi connectivity index (χ2v) is 4.34. The first-order valence-electron chi connectivity index (χ1n) is 6.06. The van der Waals surface area contributed by atoms with Crippen molar-refractivity contribution in [1.29, 1.82) is 0 Å². The maximum Gasteiger partial charge on any atom is 0.155 e. The first-order chi connectivity index (χ1) is 7.79. The van der Waals surface area contributed by atoms with Crippen LogP contribution >= 0.6 is 0 Å². The van der Waals surface area contributed by atoms with Crippen LogP contribution in [0.5, 0.6) is 0 Å². The van der Waals surface area contributed by atoms with E-state index >= 15 is 0 Å². The van der Waals surface area contributed by atoms with Gasteiger partial charge in [0.1, 0.15) is 0 Å². The van der Waals surface area contributed by atoms with Crippen LogP contribution in [0, 0.1) is 0 Å². The van der Waals surface area contributed by atoms with Gasteiger partial charge in [-0.3, -0.25) is 9.48 Å². The zero-order valence-corrected chi connectivity index (χ0v) is 9.78. The molecular weight excluding hydrogens is 200 g/mol. The number of aromatic nitrogens is 2. The van der Waals surface area contributed by atoms with E-state index in [1.165, 1.54) is 0 Å². The highest BCUT2D eigenvalue weighted by atomic mass is 16.1. The number of carbonyl (C=O) groups is 1. The maximum atomic E-state index is 11.5. The van der Waals surface area contributed by atoms with E-state index < -0.39 is 0 Å². The lowest BCUT2D eigenvalue weighted by molar-refractivity contribution is -0.114. The molecule has 1 heterocycles. The molecule has 0 N–H and O–H groups in total. The van der Waals surface area contributed by atoms with E-state index in [1.54, 1.807) is 6.08 Å². The fraction of sp³-hybridized carbons (Fsp3) is 0.538. The summed E-state index contributed by atoms with van der Waals surface area (Å²) >= 11 is 0. The molecule has 0 bridgehead atoms. The summed E-state index contributed by atoms with van der Waals surface area (Å²) in [6.07, 6.45) is 10.6. The van der Waals surface area contributed by atoms with Gasteiger partial charge in [-0.05, 0) is 37.3 Å². The van der Waals surface area contributed by atoms with E-state index in [9.17, 15) is 4.79 Å². The molecule has 0 atom stereocenters. The van der Waals surface area contributed by atoms with Gasteiger partial charge in [0.05, 0.1) is 6.20 Å². The molecule has 1 aliphatic carbocycles. The summed E-state index contributed by atoms with van der Waals surface area (Å²) in [4.78, 5) is 11.5. The van der Waals surface area contributed by atoms with Gasteiger partial charge >= 0.3 is 0 Å². The van der Waals surface area contributed by atoms with Gasteiger partial charge in [0, 0.05) is 24.7 Å². The topological polar surface area (TPSA) is 34.9 Å². The first-order valence-corrected chi connectivity index (χ1v) is 6.06. The lowest BCUT2D eigenvalue weighted by Gasteiger charge is -2.00. The number of aryl methyl sites for hydroxylation is 1. The lowest BCUT2D eigenvalue weighted by atomic mass is 10.1. The predicted molar refractivity (Wildman–Crippen MR) is 64.0 cm³/mol. The minimum absolute atomic E-state index is 0.260. The molecule has 0 amide bonds. The van der Waals surface area contributed by atoms with Crippen LogP contribution in [0.2, 0.25) is 0 Å². The van der Waals surface area contributed by atoms with Gasteiger partial charge in [0.2, 0.25) is 0 Å². The molecule has 0 radical (unpaired) electrons. The lowest BCUT2D eigenvalue weighted by Crippen LogP contribution is -1.95. The van der Waals surface area contributed by atoms with Crippen LogP contribution in [0.1, 0.15) is 44.6 Å². The molecule has 0 unspecified atom stereocenters. The van der Waals surface area contributed by atoms with Crippen molar-refractivity contribution in [2.75, 3.05) is 0 Å². The third-order valence-electron chi connectivity index (χ3n) is 2.91. The van der Waals surface area contributed by atoms with E-state index in [-0.39, 0.29) is 5.78 Å². The highest BCUT2D eigenvalue weighted by molar-refractivity contribution is 5.97. The van der Waals surface area contributed by atoms with Gasteiger partial charge in [-0.1, -0.05) is 6.92 Å². The van der Waals surface area contributed by atoms with E-state index in [2.05, 4.69) is 12.0 Å². The second kappa shape index (κ2) is 5.10. The van der Waals surface area contributed by atoms with Crippen molar-refractivity contribution in [3.8, 4) is 0 Å². The molecule has 2 rings (SSSR count). The SMILES string of the molecule is CCCn1cc(C2=CC(=O)CCCC2)cn1. The van der Waals surface area contributed by atoms with Crippen LogP contribution < -0.4 is 0 Å². The predicted octanol–water partition coefficient (Wildman–Crippen LogP) is 2.82. The fourth-order valence-electron chi connectivity index (χ4n) is 2.06. The van der Waals surface area contributed by atoms with Gasteiger partial charge in [-0.25, -0.2) is 0 Å². The van der Waals surface area contributed by atoms with Gasteiger partial charge < -0.3 is 0 Å². The Bertz CT molecular complexity index is 404. The number of hydrogen-bond donors (Lipinski definition) is 0. The molecule has 1 aliphatic rings. The minimum atomic E-state index is 0.260. The standard InChI is InChI=1S/C13H18N2O/c1-2-7-15-10-12(9-14-15)11-5-3-4-6-13(16)8-11/h8-10H,2-7H2,1H3. The van der Waals surface area contributed by atoms with Gasteiger partial charge in [-0.15, -0.1) is 0 Å². The van der Waals surface area contributed by atoms with E-state index in [1.807, 2.05) is 17.1 Å². The second-order valence-electron chi connectivity index (χ2n) is 4.34. The number of carbonyl (C=O) groups excluding carboxylic acids is 1. The maximum absolute atomic E-state index is 11.5. The smallest absolute Gasteiger partial charge is 0.155 e. The minimum Gasteiger partial charge on any atom is -0.295 e. The molecule has 3 nitrogen and oxygen atoms in total. The van der Waals surface area contributed by atoms with Crippen molar-refractivity contribution in [2.24, 2.45) is 0 Å². The number of hydrogen-bond acceptors (Lipinski definition) is 2. The number of ketones is 1. The molecular formula is C13H18N2O. The summed E-state index contributed by atoms with van der Waals surface area (Å²) < 4.78 is 1.95. The van der Waals surface area contributed by atoms with Crippen LogP contribution in [-0.4, -0.2) is 15.6 Å². The van der Waals surface area contributed by atoms with Crippen molar-refractivity contribution < 1.29 is 4.79 Å². The largest absolute Gasteiger partial charge is 0.295 e. The average Bonchev–Trinajstić information content (AvgIpc) is 2.61. The Morgan fingerprint density at radius 3 is 3.00 bits per heavy atom. The van der Waals surface area contributed by atoms with E-state index in [4.69, 9.17) is 0 Å². The van der Waals surface area contributed by atoms with E-state index in [0.29, 0.717) is 6.42 Å². The molecule has 0 fully saturated rings. The Morgan fingerprint density at radius 1 is 1.38 bits per heavy atom. The first kappa shape index (κ1) is 11.1. The summed E-state index contributed by atoms with van der Waals surface area (Å²) in [5.41, 5.74) is 2.27. The van der Waals surface area contributed by atoms with Gasteiger partial charge in [-0.2, -0.15) is 5.10 Å². The molecule has 0 spiro atoms. The number of nitrogens with zero attached hydrogens (tertiary/aromatic N) is 2. The molecule has 0 saturated carbocycles. The number of allylic oxidation sites excluding steroid dienone is 2. The Labute approximate surface area is 96.2 Å². The summed E-state index contributed by atoms with van der Waals surface area (Å²) in [7, 11) is 0. The van der Waals surface area contributed by atoms with Crippen molar-refractivity contribution in [3.05, 3.63) is 24.0 Å². The number of rotatable bonds is 3. The van der Waals surface area contributed by atoms with Gasteiger partial charge in [0.25, 0.3) is 0 Å². The van der Waals surface area contributed by atoms with Crippen LogP contribution in [0.4, 0.5) is 0 Å². The summed E-state index contributed by atoms with van der Waals surface area (Å²) in [6.45, 7) is 3.08.